The second-order valence-corrected chi connectivity index (χ2v) is 7.57. The largest absolute Gasteiger partial charge is 0.426 e. The molecule has 0 N–H and O–H groups in total. The fraction of sp³-hybridized carbons (Fsp3) is 0.333. The zero-order valence-electron chi connectivity index (χ0n) is 14.9. The van der Waals surface area contributed by atoms with Crippen LogP contribution in [0.25, 0.3) is 0 Å². The van der Waals surface area contributed by atoms with Gasteiger partial charge in [-0.1, -0.05) is 48.0 Å². The van der Waals surface area contributed by atoms with E-state index in [1.807, 2.05) is 48.5 Å². The Morgan fingerprint density at radius 3 is 2.62 bits per heavy atom. The van der Waals surface area contributed by atoms with Crippen molar-refractivity contribution < 1.29 is 14.3 Å². The fourth-order valence-corrected chi connectivity index (χ4v) is 3.39. The van der Waals surface area contributed by atoms with Gasteiger partial charge in [-0.25, -0.2) is 0 Å². The van der Waals surface area contributed by atoms with E-state index in [1.165, 1.54) is 0 Å². The quantitative estimate of drug-likeness (QED) is 0.514. The van der Waals surface area contributed by atoms with Gasteiger partial charge in [0.15, 0.2) is 0 Å². The predicted octanol–water partition coefficient (Wildman–Crippen LogP) is 4.92. The first kappa shape index (κ1) is 18.6. The third-order valence-electron chi connectivity index (χ3n) is 4.87. The highest BCUT2D eigenvalue weighted by Gasteiger charge is 2.36. The predicted molar refractivity (Wildman–Crippen MR) is 105 cm³/mol. The molecule has 2 aromatic carbocycles. The minimum atomic E-state index is -0.448. The summed E-state index contributed by atoms with van der Waals surface area (Å²) in [4.78, 5) is 26.7. The van der Waals surface area contributed by atoms with Crippen molar-refractivity contribution >= 4 is 33.5 Å². The Labute approximate surface area is 162 Å². The number of halogens is 1. The van der Waals surface area contributed by atoms with Crippen LogP contribution < -0.4 is 9.64 Å². The summed E-state index contributed by atoms with van der Waals surface area (Å²) in [5, 5.41) is 0. The number of carbonyl (C=O) groups is 2. The number of carbonyl (C=O) groups excluding carboxylic acids is 2. The van der Waals surface area contributed by atoms with E-state index in [-0.39, 0.29) is 18.3 Å². The van der Waals surface area contributed by atoms with Crippen LogP contribution in [0.1, 0.15) is 38.2 Å². The van der Waals surface area contributed by atoms with E-state index in [0.29, 0.717) is 18.2 Å². The molecule has 1 aliphatic rings. The van der Waals surface area contributed by atoms with E-state index < -0.39 is 5.92 Å². The second-order valence-electron chi connectivity index (χ2n) is 6.65. The molecule has 1 aliphatic heterocycles. The maximum atomic E-state index is 12.6. The molecule has 1 saturated heterocycles. The monoisotopic (exact) mass is 415 g/mol. The van der Waals surface area contributed by atoms with E-state index in [2.05, 4.69) is 29.8 Å². The summed E-state index contributed by atoms with van der Waals surface area (Å²) in [5.74, 6) is 0.0687. The molecule has 2 aromatic rings. The van der Waals surface area contributed by atoms with Crippen molar-refractivity contribution in [1.29, 1.82) is 0 Å². The highest BCUT2D eigenvalue weighted by atomic mass is 79.9. The van der Waals surface area contributed by atoms with Crippen LogP contribution in [0.15, 0.2) is 53.0 Å². The number of anilines is 1. The molecule has 1 heterocycles. The Kier molecular flexibility index (Phi) is 5.77. The lowest BCUT2D eigenvalue weighted by molar-refractivity contribution is -0.139. The lowest BCUT2D eigenvalue weighted by atomic mass is 9.98. The van der Waals surface area contributed by atoms with Crippen LogP contribution in [0.5, 0.6) is 5.75 Å². The standard InChI is InChI=1S/C21H22BrNO3/c1-3-14(2)18-6-4-5-7-19(18)26-21(25)15-12-20(24)23(13-15)17-10-8-16(22)9-11-17/h4-11,14-15H,3,12-13H2,1-2H3/t14-,15+/m0/s1. The van der Waals surface area contributed by atoms with Gasteiger partial charge in [-0.3, -0.25) is 9.59 Å². The van der Waals surface area contributed by atoms with Crippen LogP contribution in [-0.2, 0) is 9.59 Å². The van der Waals surface area contributed by atoms with Gasteiger partial charge < -0.3 is 9.64 Å². The molecule has 3 rings (SSSR count). The van der Waals surface area contributed by atoms with Gasteiger partial charge in [0.05, 0.1) is 5.92 Å². The zero-order chi connectivity index (χ0) is 18.7. The van der Waals surface area contributed by atoms with Crippen molar-refractivity contribution in [3.63, 3.8) is 0 Å². The first-order valence-corrected chi connectivity index (χ1v) is 9.65. The minimum Gasteiger partial charge on any atom is -0.426 e. The van der Waals surface area contributed by atoms with Crippen molar-refractivity contribution in [2.75, 3.05) is 11.4 Å². The molecule has 4 nitrogen and oxygen atoms in total. The molecule has 0 bridgehead atoms. The smallest absolute Gasteiger partial charge is 0.316 e. The van der Waals surface area contributed by atoms with Gasteiger partial charge >= 0.3 is 5.97 Å². The molecule has 0 aliphatic carbocycles. The van der Waals surface area contributed by atoms with Gasteiger partial charge in [-0.15, -0.1) is 0 Å². The number of esters is 1. The van der Waals surface area contributed by atoms with Crippen molar-refractivity contribution in [2.24, 2.45) is 5.92 Å². The van der Waals surface area contributed by atoms with E-state index in [4.69, 9.17) is 4.74 Å². The van der Waals surface area contributed by atoms with Crippen LogP contribution in [0.2, 0.25) is 0 Å². The first-order chi connectivity index (χ1) is 12.5. The number of hydrogen-bond acceptors (Lipinski definition) is 3. The average molecular weight is 416 g/mol. The molecule has 5 heteroatoms. The van der Waals surface area contributed by atoms with Gasteiger partial charge in [0, 0.05) is 23.1 Å². The Hall–Kier alpha value is -2.14. The number of rotatable bonds is 5. The van der Waals surface area contributed by atoms with Gasteiger partial charge in [0.1, 0.15) is 5.75 Å². The molecule has 136 valence electrons. The van der Waals surface area contributed by atoms with Crippen molar-refractivity contribution in [1.82, 2.24) is 0 Å². The van der Waals surface area contributed by atoms with Crippen LogP contribution in [-0.4, -0.2) is 18.4 Å². The third-order valence-corrected chi connectivity index (χ3v) is 5.40. The molecule has 0 unspecified atom stereocenters. The van der Waals surface area contributed by atoms with Crippen LogP contribution in [0.4, 0.5) is 5.69 Å². The lowest BCUT2D eigenvalue weighted by Crippen LogP contribution is -2.27. The van der Waals surface area contributed by atoms with Gasteiger partial charge in [-0.05, 0) is 48.2 Å². The molecule has 0 saturated carbocycles. The maximum absolute atomic E-state index is 12.6. The van der Waals surface area contributed by atoms with Crippen LogP contribution >= 0.6 is 15.9 Å². The summed E-state index contributed by atoms with van der Waals surface area (Å²) in [6.07, 6.45) is 1.15. The molecule has 1 fully saturated rings. The van der Waals surface area contributed by atoms with Gasteiger partial charge in [-0.2, -0.15) is 0 Å². The molecule has 0 aromatic heterocycles. The Morgan fingerprint density at radius 2 is 1.92 bits per heavy atom. The fourth-order valence-electron chi connectivity index (χ4n) is 3.13. The maximum Gasteiger partial charge on any atom is 0.316 e. The Balaban J connectivity index is 1.72. The van der Waals surface area contributed by atoms with Crippen LogP contribution in [0.3, 0.4) is 0 Å². The number of nitrogens with zero attached hydrogens (tertiary/aromatic N) is 1. The second kappa shape index (κ2) is 8.04. The number of ether oxygens (including phenoxy) is 1. The Morgan fingerprint density at radius 1 is 1.23 bits per heavy atom. The molecule has 26 heavy (non-hydrogen) atoms. The van der Waals surface area contributed by atoms with E-state index in [0.717, 1.165) is 22.1 Å². The normalized spacial score (nSPS) is 18.0. The molecule has 1 amide bonds. The zero-order valence-corrected chi connectivity index (χ0v) is 16.5. The summed E-state index contributed by atoms with van der Waals surface area (Å²) in [7, 11) is 0. The lowest BCUT2D eigenvalue weighted by Gasteiger charge is -2.18. The van der Waals surface area contributed by atoms with Gasteiger partial charge in [0.2, 0.25) is 5.91 Å². The molecule has 2 atom stereocenters. The third kappa shape index (κ3) is 3.98. The molecular weight excluding hydrogens is 394 g/mol. The topological polar surface area (TPSA) is 46.6 Å². The number of amides is 1. The average Bonchev–Trinajstić information content (AvgIpc) is 3.04. The molecule has 0 radical (unpaired) electrons. The van der Waals surface area contributed by atoms with E-state index >= 15 is 0 Å². The van der Waals surface area contributed by atoms with Crippen molar-refractivity contribution in [3.05, 3.63) is 58.6 Å². The first-order valence-electron chi connectivity index (χ1n) is 8.86. The summed E-state index contributed by atoms with van der Waals surface area (Å²) >= 11 is 3.39. The van der Waals surface area contributed by atoms with Gasteiger partial charge in [0.25, 0.3) is 0 Å². The summed E-state index contributed by atoms with van der Waals surface area (Å²) in [5.41, 5.74) is 1.82. The van der Waals surface area contributed by atoms with Crippen molar-refractivity contribution in [3.8, 4) is 5.75 Å². The summed E-state index contributed by atoms with van der Waals surface area (Å²) in [6.45, 7) is 4.57. The number of benzene rings is 2. The van der Waals surface area contributed by atoms with E-state index in [1.54, 1.807) is 4.90 Å². The van der Waals surface area contributed by atoms with E-state index in [9.17, 15) is 9.59 Å². The minimum absolute atomic E-state index is 0.0514. The number of hydrogen-bond donors (Lipinski definition) is 0. The number of para-hydroxylation sites is 1. The Bertz CT molecular complexity index is 803. The summed E-state index contributed by atoms with van der Waals surface area (Å²) < 4.78 is 6.63. The molecular formula is C21H22BrNO3. The van der Waals surface area contributed by atoms with Crippen LogP contribution in [0, 0.1) is 5.92 Å². The summed E-state index contributed by atoms with van der Waals surface area (Å²) in [6, 6.07) is 15.1. The highest BCUT2D eigenvalue weighted by molar-refractivity contribution is 9.10. The SMILES string of the molecule is CC[C@H](C)c1ccccc1OC(=O)[C@@H]1CC(=O)N(c2ccc(Br)cc2)C1. The molecule has 0 spiro atoms. The van der Waals surface area contributed by atoms with Crippen molar-refractivity contribution in [2.45, 2.75) is 32.6 Å². The highest BCUT2D eigenvalue weighted by Crippen LogP contribution is 2.31.